The van der Waals surface area contributed by atoms with E-state index in [-0.39, 0.29) is 0 Å². The number of aryl methyl sites for hydroxylation is 2. The van der Waals surface area contributed by atoms with Gasteiger partial charge in [-0.1, -0.05) is 30.3 Å². The first kappa shape index (κ1) is 11.9. The lowest BCUT2D eigenvalue weighted by molar-refractivity contribution is 0.909. The van der Waals surface area contributed by atoms with Gasteiger partial charge >= 0.3 is 0 Å². The van der Waals surface area contributed by atoms with Gasteiger partial charge in [-0.15, -0.1) is 0 Å². The summed E-state index contributed by atoms with van der Waals surface area (Å²) < 4.78 is 0. The van der Waals surface area contributed by atoms with Crippen LogP contribution in [0.1, 0.15) is 16.8 Å². The van der Waals surface area contributed by atoms with E-state index in [1.54, 1.807) is 0 Å². The Morgan fingerprint density at radius 3 is 2.68 bits per heavy atom. The van der Waals surface area contributed by atoms with E-state index >= 15 is 0 Å². The molecule has 0 atom stereocenters. The van der Waals surface area contributed by atoms with E-state index in [4.69, 9.17) is 0 Å². The summed E-state index contributed by atoms with van der Waals surface area (Å²) in [6.45, 7) is 1.83. The Balaban J connectivity index is 1.77. The minimum absolute atomic E-state index is 0.879. The van der Waals surface area contributed by atoms with Crippen molar-refractivity contribution in [3.8, 4) is 0 Å². The number of hydrogen-bond donors (Lipinski definition) is 1. The van der Waals surface area contributed by atoms with Crippen molar-refractivity contribution in [3.05, 3.63) is 65.5 Å². The van der Waals surface area contributed by atoms with E-state index in [1.165, 1.54) is 11.1 Å². The van der Waals surface area contributed by atoms with Crippen molar-refractivity contribution in [2.45, 2.75) is 12.8 Å². The third-order valence-electron chi connectivity index (χ3n) is 3.32. The zero-order valence-electron chi connectivity index (χ0n) is 10.8. The number of nitrogens with zero attached hydrogens (tertiary/aromatic N) is 2. The predicted molar refractivity (Wildman–Crippen MR) is 77.5 cm³/mol. The summed E-state index contributed by atoms with van der Waals surface area (Å²) in [7, 11) is 0. The molecule has 0 unspecified atom stereocenters. The molecule has 2 heterocycles. The highest BCUT2D eigenvalue weighted by atomic mass is 15.1. The van der Waals surface area contributed by atoms with E-state index in [2.05, 4.69) is 45.6 Å². The quantitative estimate of drug-likeness (QED) is 0.904. The number of hydrogen-bond acceptors (Lipinski definition) is 3. The van der Waals surface area contributed by atoms with Crippen LogP contribution >= 0.6 is 0 Å². The first-order valence-corrected chi connectivity index (χ1v) is 6.70. The molecule has 1 aromatic carbocycles. The Bertz CT molecular complexity index is 576. The summed E-state index contributed by atoms with van der Waals surface area (Å²) in [5.41, 5.74) is 3.70. The van der Waals surface area contributed by atoms with Crippen LogP contribution in [0.15, 0.2) is 53.7 Å². The molecule has 0 spiro atoms. The van der Waals surface area contributed by atoms with Gasteiger partial charge in [0, 0.05) is 24.0 Å². The predicted octanol–water partition coefficient (Wildman–Crippen LogP) is 2.22. The Morgan fingerprint density at radius 2 is 1.89 bits per heavy atom. The van der Waals surface area contributed by atoms with Crippen LogP contribution in [0.2, 0.25) is 0 Å². The van der Waals surface area contributed by atoms with E-state index in [9.17, 15) is 0 Å². The van der Waals surface area contributed by atoms with Gasteiger partial charge in [0.05, 0.1) is 6.54 Å². The molecule has 0 aliphatic carbocycles. The van der Waals surface area contributed by atoms with Crippen LogP contribution in [0.25, 0.3) is 0 Å². The average molecular weight is 251 g/mol. The standard InChI is InChI=1S/C16H17N3/c1-2-7-15(16-18-11-12-19-16)13(5-1)8-9-14-6-3-4-10-17-14/h1-7,10H,8-9,11-12H2,(H,18,19). The number of pyridine rings is 1. The summed E-state index contributed by atoms with van der Waals surface area (Å²) in [5, 5.41) is 3.35. The fourth-order valence-corrected chi connectivity index (χ4v) is 2.36. The molecule has 3 nitrogen and oxygen atoms in total. The molecule has 1 aromatic heterocycles. The fourth-order valence-electron chi connectivity index (χ4n) is 2.36. The number of aromatic nitrogens is 1. The van der Waals surface area contributed by atoms with Crippen molar-refractivity contribution in [1.29, 1.82) is 0 Å². The van der Waals surface area contributed by atoms with Gasteiger partial charge in [0.15, 0.2) is 0 Å². The molecule has 0 saturated carbocycles. The summed E-state index contributed by atoms with van der Waals surface area (Å²) in [6, 6.07) is 14.6. The van der Waals surface area contributed by atoms with Crippen LogP contribution in [-0.4, -0.2) is 23.9 Å². The van der Waals surface area contributed by atoms with Gasteiger partial charge < -0.3 is 5.32 Å². The molecule has 0 saturated heterocycles. The van der Waals surface area contributed by atoms with Crippen molar-refractivity contribution >= 4 is 5.84 Å². The number of benzene rings is 1. The molecule has 0 amide bonds. The van der Waals surface area contributed by atoms with Crippen LogP contribution in [0.4, 0.5) is 0 Å². The Labute approximate surface area is 113 Å². The Hall–Kier alpha value is -2.16. The normalized spacial score (nSPS) is 14.0. The molecule has 3 rings (SSSR count). The lowest BCUT2D eigenvalue weighted by Gasteiger charge is -2.09. The molecule has 0 radical (unpaired) electrons. The number of amidine groups is 1. The molecule has 96 valence electrons. The first-order valence-electron chi connectivity index (χ1n) is 6.70. The van der Waals surface area contributed by atoms with Gasteiger partial charge in [-0.3, -0.25) is 9.98 Å². The molecule has 1 N–H and O–H groups in total. The maximum absolute atomic E-state index is 4.51. The molecule has 2 aromatic rings. The molecule has 3 heteroatoms. The van der Waals surface area contributed by atoms with Gasteiger partial charge in [0.25, 0.3) is 0 Å². The van der Waals surface area contributed by atoms with E-state index in [0.29, 0.717) is 0 Å². The van der Waals surface area contributed by atoms with Crippen LogP contribution in [0.3, 0.4) is 0 Å². The van der Waals surface area contributed by atoms with Crippen molar-refractivity contribution in [2.75, 3.05) is 13.1 Å². The zero-order valence-corrected chi connectivity index (χ0v) is 10.8. The molecule has 19 heavy (non-hydrogen) atoms. The van der Waals surface area contributed by atoms with Gasteiger partial charge in [0.2, 0.25) is 0 Å². The summed E-state index contributed by atoms with van der Waals surface area (Å²) in [5.74, 6) is 1.04. The zero-order chi connectivity index (χ0) is 12.9. The third-order valence-corrected chi connectivity index (χ3v) is 3.32. The van der Waals surface area contributed by atoms with Crippen molar-refractivity contribution < 1.29 is 0 Å². The van der Waals surface area contributed by atoms with Gasteiger partial charge in [-0.25, -0.2) is 0 Å². The maximum atomic E-state index is 4.51. The van der Waals surface area contributed by atoms with Crippen molar-refractivity contribution in [3.63, 3.8) is 0 Å². The molecular weight excluding hydrogens is 234 g/mol. The van der Waals surface area contributed by atoms with Gasteiger partial charge in [-0.2, -0.15) is 0 Å². The first-order chi connectivity index (χ1) is 9.43. The minimum atomic E-state index is 0.879. The Kier molecular flexibility index (Phi) is 3.54. The highest BCUT2D eigenvalue weighted by Gasteiger charge is 2.11. The highest BCUT2D eigenvalue weighted by molar-refractivity contribution is 6.01. The topological polar surface area (TPSA) is 37.3 Å². The molecular formula is C16H17N3. The van der Waals surface area contributed by atoms with Gasteiger partial charge in [-0.05, 0) is 30.5 Å². The highest BCUT2D eigenvalue weighted by Crippen LogP contribution is 2.13. The number of rotatable bonds is 4. The summed E-state index contributed by atoms with van der Waals surface area (Å²) in [4.78, 5) is 8.89. The number of aliphatic imine (C=N–C) groups is 1. The minimum Gasteiger partial charge on any atom is -0.368 e. The van der Waals surface area contributed by atoms with Crippen molar-refractivity contribution in [1.82, 2.24) is 10.3 Å². The van der Waals surface area contributed by atoms with Crippen LogP contribution in [0, 0.1) is 0 Å². The van der Waals surface area contributed by atoms with Crippen LogP contribution in [0.5, 0.6) is 0 Å². The second-order valence-corrected chi connectivity index (χ2v) is 4.64. The fraction of sp³-hybridized carbons (Fsp3) is 0.250. The summed E-state index contributed by atoms with van der Waals surface area (Å²) in [6.07, 6.45) is 3.81. The molecule has 1 aliphatic rings. The van der Waals surface area contributed by atoms with Crippen molar-refractivity contribution in [2.24, 2.45) is 4.99 Å². The SMILES string of the molecule is c1ccc(CCc2ccccc2C2=NCCN2)nc1. The monoisotopic (exact) mass is 251 g/mol. The van der Waals surface area contributed by atoms with Gasteiger partial charge in [0.1, 0.15) is 5.84 Å². The van der Waals surface area contributed by atoms with E-state index < -0.39 is 0 Å². The second-order valence-electron chi connectivity index (χ2n) is 4.64. The maximum Gasteiger partial charge on any atom is 0.128 e. The van der Waals surface area contributed by atoms with Crippen LogP contribution < -0.4 is 5.32 Å². The summed E-state index contributed by atoms with van der Waals surface area (Å²) >= 11 is 0. The largest absolute Gasteiger partial charge is 0.368 e. The Morgan fingerprint density at radius 1 is 1.00 bits per heavy atom. The third kappa shape index (κ3) is 2.81. The molecule has 0 fully saturated rings. The lowest BCUT2D eigenvalue weighted by atomic mass is 10.0. The van der Waals surface area contributed by atoms with Crippen LogP contribution in [-0.2, 0) is 12.8 Å². The van der Waals surface area contributed by atoms with E-state index in [0.717, 1.165) is 37.5 Å². The van der Waals surface area contributed by atoms with E-state index in [1.807, 2.05) is 18.3 Å². The number of nitrogens with one attached hydrogen (secondary N) is 1. The molecule has 0 bridgehead atoms. The lowest BCUT2D eigenvalue weighted by Crippen LogP contribution is -2.21. The average Bonchev–Trinajstić information content (AvgIpc) is 3.01. The molecule has 1 aliphatic heterocycles. The second kappa shape index (κ2) is 5.65. The smallest absolute Gasteiger partial charge is 0.128 e.